The molecule has 464 valence electrons. The van der Waals surface area contributed by atoms with Gasteiger partial charge in [0.05, 0.1) is 55.5 Å². The third-order valence-electron chi connectivity index (χ3n) is 21.3. The molecule has 0 aliphatic heterocycles. The fourth-order valence-corrected chi connectivity index (χ4v) is 16.8. The first kappa shape index (κ1) is 55.9. The second-order valence-electron chi connectivity index (χ2n) is 26.7. The van der Waals surface area contributed by atoms with Gasteiger partial charge in [-0.2, -0.15) is 0 Å². The minimum absolute atomic E-state index is 1.18. The summed E-state index contributed by atoms with van der Waals surface area (Å²) < 4.78 is 9.74. The molecule has 0 aliphatic rings. The van der Waals surface area contributed by atoms with Crippen molar-refractivity contribution >= 4 is 152 Å². The minimum Gasteiger partial charge on any atom is -0.309 e. The van der Waals surface area contributed by atoms with E-state index in [1.54, 1.807) is 0 Å². The Morgan fingerprint density at radius 3 is 0.730 bits per heavy atom. The molecule has 22 aromatic rings. The third-order valence-corrected chi connectivity index (χ3v) is 21.3. The van der Waals surface area contributed by atoms with Crippen molar-refractivity contribution < 1.29 is 0 Å². The highest BCUT2D eigenvalue weighted by Gasteiger charge is 2.22. The lowest BCUT2D eigenvalue weighted by molar-refractivity contribution is 1.18. The molecule has 0 bridgehead atoms. The predicted molar refractivity (Wildman–Crippen MR) is 426 cm³/mol. The van der Waals surface area contributed by atoms with Gasteiger partial charge in [0.15, 0.2) is 0 Å². The van der Waals surface area contributed by atoms with Gasteiger partial charge in [0.25, 0.3) is 0 Å². The van der Waals surface area contributed by atoms with Gasteiger partial charge in [-0.15, -0.1) is 0 Å². The molecule has 0 spiro atoms. The van der Waals surface area contributed by atoms with Crippen LogP contribution in [0.5, 0.6) is 0 Å². The molecule has 4 nitrogen and oxygen atoms in total. The van der Waals surface area contributed by atoms with E-state index in [1.807, 2.05) is 0 Å². The first-order valence-corrected chi connectivity index (χ1v) is 34.5. The Bertz CT molecular complexity index is 6740. The summed E-state index contributed by atoms with van der Waals surface area (Å²) in [6.07, 6.45) is 0. The van der Waals surface area contributed by atoms with Crippen molar-refractivity contribution in [3.05, 3.63) is 364 Å². The van der Waals surface area contributed by atoms with Crippen LogP contribution in [-0.2, 0) is 0 Å². The normalized spacial score (nSPS) is 12.0. The molecule has 0 saturated heterocycles. The molecule has 0 radical (unpaired) electrons. The fourth-order valence-electron chi connectivity index (χ4n) is 16.8. The number of rotatable bonds is 6. The van der Waals surface area contributed by atoms with Crippen molar-refractivity contribution in [3.63, 3.8) is 0 Å². The Labute approximate surface area is 575 Å². The van der Waals surface area contributed by atoms with E-state index < -0.39 is 0 Å². The summed E-state index contributed by atoms with van der Waals surface area (Å²) in [5, 5.41) is 25.2. The molecular formula is C96H60N4. The highest BCUT2D eigenvalue weighted by atomic mass is 15.0. The van der Waals surface area contributed by atoms with E-state index >= 15 is 0 Å². The summed E-state index contributed by atoms with van der Waals surface area (Å²) in [5.41, 5.74) is 19.4. The molecule has 100 heavy (non-hydrogen) atoms. The van der Waals surface area contributed by atoms with Gasteiger partial charge < -0.3 is 18.3 Å². The van der Waals surface area contributed by atoms with Crippen molar-refractivity contribution in [2.24, 2.45) is 0 Å². The van der Waals surface area contributed by atoms with Crippen molar-refractivity contribution in [1.82, 2.24) is 18.3 Å². The van der Waals surface area contributed by atoms with Crippen molar-refractivity contribution in [3.8, 4) is 45.0 Å². The largest absolute Gasteiger partial charge is 0.309 e. The Morgan fingerprint density at radius 1 is 0.130 bits per heavy atom. The van der Waals surface area contributed by atoms with Crippen LogP contribution in [0, 0.1) is 0 Å². The highest BCUT2D eigenvalue weighted by molar-refractivity contribution is 6.19. The third kappa shape index (κ3) is 8.60. The van der Waals surface area contributed by atoms with Gasteiger partial charge in [0, 0.05) is 65.2 Å². The lowest BCUT2D eigenvalue weighted by Gasteiger charge is -2.15. The summed E-state index contributed by atoms with van der Waals surface area (Å²) in [7, 11) is 0. The minimum atomic E-state index is 1.18. The summed E-state index contributed by atoms with van der Waals surface area (Å²) in [6.45, 7) is 0. The van der Waals surface area contributed by atoms with Crippen LogP contribution in [0.2, 0.25) is 0 Å². The molecule has 0 N–H and O–H groups in total. The van der Waals surface area contributed by atoms with E-state index in [0.717, 1.165) is 0 Å². The monoisotopic (exact) mass is 1270 g/mol. The van der Waals surface area contributed by atoms with Crippen LogP contribution in [0.4, 0.5) is 0 Å². The zero-order valence-corrected chi connectivity index (χ0v) is 54.4. The van der Waals surface area contributed by atoms with Crippen LogP contribution in [0.3, 0.4) is 0 Å². The van der Waals surface area contributed by atoms with E-state index in [4.69, 9.17) is 0 Å². The average Bonchev–Trinajstić information content (AvgIpc) is 1.53. The van der Waals surface area contributed by atoms with E-state index in [2.05, 4.69) is 382 Å². The fraction of sp³-hybridized carbons (Fsp3) is 0. The van der Waals surface area contributed by atoms with Crippen LogP contribution >= 0.6 is 0 Å². The second-order valence-corrected chi connectivity index (χ2v) is 26.7. The molecular weight excluding hydrogens is 1210 g/mol. The zero-order valence-electron chi connectivity index (χ0n) is 54.4. The number of nitrogens with zero attached hydrogens (tertiary/aromatic N) is 4. The molecule has 22 rings (SSSR count). The predicted octanol–water partition coefficient (Wildman–Crippen LogP) is 26.0. The molecule has 0 unspecified atom stereocenters. The molecule has 0 atom stereocenters. The first-order valence-electron chi connectivity index (χ1n) is 34.5. The maximum Gasteiger partial charge on any atom is 0.0546 e. The number of benzene rings is 18. The molecule has 0 amide bonds. The first-order chi connectivity index (χ1) is 49.6. The Kier molecular flexibility index (Phi) is 12.4. The van der Waals surface area contributed by atoms with Crippen LogP contribution < -0.4 is 0 Å². The van der Waals surface area contributed by atoms with Crippen molar-refractivity contribution in [2.75, 3.05) is 0 Å². The molecule has 0 saturated carbocycles. The van der Waals surface area contributed by atoms with Gasteiger partial charge in [-0.05, 0) is 185 Å². The van der Waals surface area contributed by atoms with Gasteiger partial charge in [-0.3, -0.25) is 0 Å². The van der Waals surface area contributed by atoms with E-state index in [-0.39, 0.29) is 0 Å². The summed E-state index contributed by atoms with van der Waals surface area (Å²) >= 11 is 0. The van der Waals surface area contributed by atoms with E-state index in [1.165, 1.54) is 197 Å². The molecule has 0 fully saturated rings. The summed E-state index contributed by atoms with van der Waals surface area (Å²) in [5.74, 6) is 0. The quantitative estimate of drug-likeness (QED) is 0.148. The molecule has 4 heteroatoms. The molecule has 18 aromatic carbocycles. The Morgan fingerprint density at radius 2 is 0.380 bits per heavy atom. The number of hydrogen-bond donors (Lipinski definition) is 0. The molecule has 4 heterocycles. The maximum atomic E-state index is 2.47. The SMILES string of the molecule is c1ccc2c(c1)cc(-n1c3ccccc3c3cc(-c4ccc5c(c4)c4ccccc4n5-c4cc5ccccc5c5ccccc45)ccc31)c1ccccc12.c1ccc2cc(-n3c4ccccc4c4cc(-c5ccc6c(c5)c5ccccc5n6-c5ccc6ccccc6c5)ccc43)ccc2c1. The average molecular weight is 1270 g/mol. The van der Waals surface area contributed by atoms with Crippen LogP contribution in [0.25, 0.3) is 197 Å². The summed E-state index contributed by atoms with van der Waals surface area (Å²) in [6, 6.07) is 134. The molecule has 0 aliphatic carbocycles. The van der Waals surface area contributed by atoms with Gasteiger partial charge in [0.1, 0.15) is 0 Å². The second kappa shape index (κ2) is 22.1. The highest BCUT2D eigenvalue weighted by Crippen LogP contribution is 2.44. The van der Waals surface area contributed by atoms with Crippen LogP contribution in [-0.4, -0.2) is 18.3 Å². The van der Waals surface area contributed by atoms with Crippen molar-refractivity contribution in [1.29, 1.82) is 0 Å². The van der Waals surface area contributed by atoms with Crippen LogP contribution in [0.1, 0.15) is 0 Å². The van der Waals surface area contributed by atoms with Crippen molar-refractivity contribution in [2.45, 2.75) is 0 Å². The smallest absolute Gasteiger partial charge is 0.0546 e. The van der Waals surface area contributed by atoms with E-state index in [0.29, 0.717) is 0 Å². The topological polar surface area (TPSA) is 19.7 Å². The number of aromatic nitrogens is 4. The Hall–Kier alpha value is -13.3. The van der Waals surface area contributed by atoms with Gasteiger partial charge in [0.2, 0.25) is 0 Å². The summed E-state index contributed by atoms with van der Waals surface area (Å²) in [4.78, 5) is 0. The van der Waals surface area contributed by atoms with Gasteiger partial charge >= 0.3 is 0 Å². The lowest BCUT2D eigenvalue weighted by atomic mass is 9.99. The maximum absolute atomic E-state index is 2.47. The van der Waals surface area contributed by atoms with Gasteiger partial charge in [-0.1, -0.05) is 255 Å². The van der Waals surface area contributed by atoms with E-state index in [9.17, 15) is 0 Å². The standard InChI is InChI=1S/C52H32N2.C44H28N2/c1-3-15-37-35(13-1)31-51(41-19-7-5-17-39(37)41)53-47-23-11-9-21-43(47)45-29-33(25-27-49(45)53)34-26-28-50-46(30-34)44-22-10-12-24-48(44)54(50)52-32-36-14-2-4-16-38(36)40-18-6-8-20-42(40)52;1-3-11-31-25-35(21-17-29(31)9-1)45-41-15-7-5-13-37(41)39-27-33(19-23-43(39)45)34-20-24-44-40(28-34)38-14-6-8-16-42(38)46(44)36-22-18-30-10-2-4-12-32(30)26-36/h1-32H;1-28H. The number of hydrogen-bond acceptors (Lipinski definition) is 0. The zero-order chi connectivity index (χ0) is 65.5. The van der Waals surface area contributed by atoms with Gasteiger partial charge in [-0.25, -0.2) is 0 Å². The Balaban J connectivity index is 0.000000133. The lowest BCUT2D eigenvalue weighted by Crippen LogP contribution is -1.96. The van der Waals surface area contributed by atoms with Crippen LogP contribution in [0.15, 0.2) is 364 Å². The molecule has 4 aromatic heterocycles. The number of fused-ring (bicyclic) bond motifs is 20. The number of para-hydroxylation sites is 4.